The first-order valence-electron chi connectivity index (χ1n) is 7.99. The number of hydrogen-bond acceptors (Lipinski definition) is 3. The molecule has 1 unspecified atom stereocenters. The lowest BCUT2D eigenvalue weighted by Gasteiger charge is -2.32. The van der Waals surface area contributed by atoms with E-state index in [1.54, 1.807) is 0 Å². The van der Waals surface area contributed by atoms with Gasteiger partial charge in [-0.25, -0.2) is 0 Å². The summed E-state index contributed by atoms with van der Waals surface area (Å²) >= 11 is 0. The molecule has 1 N–H and O–H groups in total. The number of nitrogens with zero attached hydrogens (tertiary/aromatic N) is 2. The van der Waals surface area contributed by atoms with Crippen LogP contribution in [0.5, 0.6) is 0 Å². The smallest absolute Gasteiger partial charge is 0.0414 e. The highest BCUT2D eigenvalue weighted by atomic mass is 15.2. The van der Waals surface area contributed by atoms with Crippen LogP contribution in [0, 0.1) is 0 Å². The average molecular weight is 275 g/mol. The Morgan fingerprint density at radius 2 is 1.90 bits per heavy atom. The maximum atomic E-state index is 3.38. The number of nitrogens with one attached hydrogen (secondary N) is 1. The Hall–Kier alpha value is -1.06. The van der Waals surface area contributed by atoms with Crippen molar-refractivity contribution in [2.24, 2.45) is 0 Å². The van der Waals surface area contributed by atoms with Crippen molar-refractivity contribution in [3.63, 3.8) is 0 Å². The van der Waals surface area contributed by atoms with E-state index in [1.165, 1.54) is 43.7 Å². The zero-order valence-electron chi connectivity index (χ0n) is 13.2. The summed E-state index contributed by atoms with van der Waals surface area (Å²) in [7, 11) is 2.24. The lowest BCUT2D eigenvalue weighted by atomic mass is 10.1. The first-order valence-corrected chi connectivity index (χ1v) is 7.99. The minimum atomic E-state index is 0.641. The molecule has 3 nitrogen and oxygen atoms in total. The second-order valence-electron chi connectivity index (χ2n) is 5.82. The summed E-state index contributed by atoms with van der Waals surface area (Å²) in [5, 5.41) is 3.38. The molecule has 1 saturated heterocycles. The van der Waals surface area contributed by atoms with Gasteiger partial charge in [-0.1, -0.05) is 26.0 Å². The van der Waals surface area contributed by atoms with Gasteiger partial charge in [0.25, 0.3) is 0 Å². The Kier molecular flexibility index (Phi) is 5.86. The van der Waals surface area contributed by atoms with Crippen molar-refractivity contribution in [1.29, 1.82) is 0 Å². The molecule has 1 aromatic rings. The fraction of sp³-hybridized carbons (Fsp3) is 0.647. The molecule has 1 aliphatic rings. The van der Waals surface area contributed by atoms with Gasteiger partial charge >= 0.3 is 0 Å². The lowest BCUT2D eigenvalue weighted by molar-refractivity contribution is 0.328. The summed E-state index contributed by atoms with van der Waals surface area (Å²) in [6.45, 7) is 10.0. The molecule has 1 fully saturated rings. The zero-order valence-corrected chi connectivity index (χ0v) is 13.2. The molecule has 0 aromatic heterocycles. The predicted octanol–water partition coefficient (Wildman–Crippen LogP) is 2.72. The standard InChI is InChI=1S/C17H29N3/c1-4-16-14-19(3)11-6-12-20(16)17-9-7-15(8-10-17)13-18-5-2/h7-10,16,18H,4-6,11-14H2,1-3H3. The summed E-state index contributed by atoms with van der Waals surface area (Å²) < 4.78 is 0. The fourth-order valence-corrected chi connectivity index (χ4v) is 3.01. The molecular weight excluding hydrogens is 246 g/mol. The SMILES string of the molecule is CCNCc1ccc(N2CCCN(C)CC2CC)cc1. The summed E-state index contributed by atoms with van der Waals surface area (Å²) in [5.74, 6) is 0. The number of rotatable bonds is 5. The van der Waals surface area contributed by atoms with Crippen LogP contribution in [0.1, 0.15) is 32.3 Å². The molecule has 0 bridgehead atoms. The van der Waals surface area contributed by atoms with Gasteiger partial charge in [-0.3, -0.25) is 0 Å². The van der Waals surface area contributed by atoms with E-state index in [9.17, 15) is 0 Å². The minimum absolute atomic E-state index is 0.641. The van der Waals surface area contributed by atoms with Crippen molar-refractivity contribution in [3.05, 3.63) is 29.8 Å². The fourth-order valence-electron chi connectivity index (χ4n) is 3.01. The molecule has 3 heteroatoms. The molecule has 0 amide bonds. The van der Waals surface area contributed by atoms with E-state index in [1.807, 2.05) is 0 Å². The molecule has 20 heavy (non-hydrogen) atoms. The monoisotopic (exact) mass is 275 g/mol. The van der Waals surface area contributed by atoms with Crippen LogP contribution in [0.4, 0.5) is 5.69 Å². The molecule has 0 radical (unpaired) electrons. The van der Waals surface area contributed by atoms with E-state index in [4.69, 9.17) is 0 Å². The Balaban J connectivity index is 2.07. The normalized spacial score (nSPS) is 20.9. The third kappa shape index (κ3) is 3.97. The molecule has 0 aliphatic carbocycles. The van der Waals surface area contributed by atoms with Gasteiger partial charge in [0.2, 0.25) is 0 Å². The lowest BCUT2D eigenvalue weighted by Crippen LogP contribution is -2.39. The molecular formula is C17H29N3. The van der Waals surface area contributed by atoms with Gasteiger partial charge in [-0.15, -0.1) is 0 Å². The molecule has 1 atom stereocenters. The molecule has 112 valence electrons. The van der Waals surface area contributed by atoms with Gasteiger partial charge in [-0.2, -0.15) is 0 Å². The summed E-state index contributed by atoms with van der Waals surface area (Å²) in [6, 6.07) is 9.75. The molecule has 0 saturated carbocycles. The quantitative estimate of drug-likeness (QED) is 0.891. The van der Waals surface area contributed by atoms with Crippen LogP contribution in [0.2, 0.25) is 0 Å². The van der Waals surface area contributed by atoms with Gasteiger partial charge in [-0.05, 0) is 50.7 Å². The number of hydrogen-bond donors (Lipinski definition) is 1. The van der Waals surface area contributed by atoms with Crippen molar-refractivity contribution in [3.8, 4) is 0 Å². The Morgan fingerprint density at radius 1 is 1.15 bits per heavy atom. The van der Waals surface area contributed by atoms with Crippen molar-refractivity contribution >= 4 is 5.69 Å². The molecule has 1 aromatic carbocycles. The second kappa shape index (κ2) is 7.65. The summed E-state index contributed by atoms with van der Waals surface area (Å²) in [6.07, 6.45) is 2.47. The van der Waals surface area contributed by atoms with Crippen LogP contribution >= 0.6 is 0 Å². The Bertz CT molecular complexity index is 388. The molecule has 0 spiro atoms. The van der Waals surface area contributed by atoms with E-state index in [2.05, 4.69) is 60.3 Å². The van der Waals surface area contributed by atoms with Crippen LogP contribution in [0.15, 0.2) is 24.3 Å². The first kappa shape index (κ1) is 15.3. The molecule has 1 aliphatic heterocycles. The minimum Gasteiger partial charge on any atom is -0.367 e. The highest BCUT2D eigenvalue weighted by molar-refractivity contribution is 5.49. The predicted molar refractivity (Wildman–Crippen MR) is 87.4 cm³/mol. The third-order valence-electron chi connectivity index (χ3n) is 4.22. The van der Waals surface area contributed by atoms with E-state index in [0.717, 1.165) is 13.1 Å². The number of benzene rings is 1. The van der Waals surface area contributed by atoms with Gasteiger partial charge in [0.1, 0.15) is 0 Å². The van der Waals surface area contributed by atoms with E-state index in [0.29, 0.717) is 6.04 Å². The number of anilines is 1. The van der Waals surface area contributed by atoms with Crippen LogP contribution < -0.4 is 10.2 Å². The van der Waals surface area contributed by atoms with Gasteiger partial charge < -0.3 is 15.1 Å². The molecule has 2 rings (SSSR count). The van der Waals surface area contributed by atoms with Crippen LogP contribution in [-0.2, 0) is 6.54 Å². The zero-order chi connectivity index (χ0) is 14.4. The van der Waals surface area contributed by atoms with Gasteiger partial charge in [0.05, 0.1) is 0 Å². The van der Waals surface area contributed by atoms with Crippen molar-refractivity contribution in [2.45, 2.75) is 39.3 Å². The van der Waals surface area contributed by atoms with Gasteiger partial charge in [0, 0.05) is 31.4 Å². The highest BCUT2D eigenvalue weighted by Gasteiger charge is 2.21. The van der Waals surface area contributed by atoms with Gasteiger partial charge in [0.15, 0.2) is 0 Å². The topological polar surface area (TPSA) is 18.5 Å². The van der Waals surface area contributed by atoms with E-state index >= 15 is 0 Å². The Morgan fingerprint density at radius 3 is 2.55 bits per heavy atom. The van der Waals surface area contributed by atoms with Crippen molar-refractivity contribution in [1.82, 2.24) is 10.2 Å². The number of likely N-dealkylation sites (N-methyl/N-ethyl adjacent to an activating group) is 1. The van der Waals surface area contributed by atoms with E-state index < -0.39 is 0 Å². The maximum Gasteiger partial charge on any atom is 0.0414 e. The third-order valence-corrected chi connectivity index (χ3v) is 4.22. The van der Waals surface area contributed by atoms with Crippen molar-refractivity contribution in [2.75, 3.05) is 38.1 Å². The summed E-state index contributed by atoms with van der Waals surface area (Å²) in [5.41, 5.74) is 2.75. The van der Waals surface area contributed by atoms with Crippen molar-refractivity contribution < 1.29 is 0 Å². The van der Waals surface area contributed by atoms with E-state index in [-0.39, 0.29) is 0 Å². The largest absolute Gasteiger partial charge is 0.367 e. The average Bonchev–Trinajstić information content (AvgIpc) is 2.67. The molecule has 1 heterocycles. The van der Waals surface area contributed by atoms with Crippen LogP contribution in [0.25, 0.3) is 0 Å². The summed E-state index contributed by atoms with van der Waals surface area (Å²) in [4.78, 5) is 5.06. The Labute approximate surface area is 124 Å². The highest BCUT2D eigenvalue weighted by Crippen LogP contribution is 2.22. The maximum absolute atomic E-state index is 3.38. The first-order chi connectivity index (χ1) is 9.74. The van der Waals surface area contributed by atoms with Crippen LogP contribution in [-0.4, -0.2) is 44.2 Å². The second-order valence-corrected chi connectivity index (χ2v) is 5.82. The van der Waals surface area contributed by atoms with Crippen LogP contribution in [0.3, 0.4) is 0 Å².